The Balaban J connectivity index is 2.93. The topological polar surface area (TPSA) is 26.3 Å². The second kappa shape index (κ2) is 4.12. The highest BCUT2D eigenvalue weighted by molar-refractivity contribution is 6.30. The lowest BCUT2D eigenvalue weighted by Gasteiger charge is -2.00. The largest absolute Gasteiger partial charge is 0.497 e. The molecular formula is C9H9ClO2. The van der Waals surface area contributed by atoms with E-state index in [1.54, 1.807) is 31.4 Å². The summed E-state index contributed by atoms with van der Waals surface area (Å²) in [6.07, 6.45) is 0. The average Bonchev–Trinajstić information content (AvgIpc) is 2.17. The summed E-state index contributed by atoms with van der Waals surface area (Å²) in [6.45, 7) is 0. The van der Waals surface area contributed by atoms with Crippen LogP contribution in [0.4, 0.5) is 0 Å². The van der Waals surface area contributed by atoms with Gasteiger partial charge in [-0.2, -0.15) is 0 Å². The van der Waals surface area contributed by atoms with Crippen LogP contribution in [0.3, 0.4) is 0 Å². The van der Waals surface area contributed by atoms with Crippen LogP contribution >= 0.6 is 11.6 Å². The van der Waals surface area contributed by atoms with Gasteiger partial charge in [0.2, 0.25) is 0 Å². The summed E-state index contributed by atoms with van der Waals surface area (Å²) in [4.78, 5) is 11.1. The highest BCUT2D eigenvalue weighted by Crippen LogP contribution is 2.13. The minimum absolute atomic E-state index is 0.00711. The molecule has 0 bridgehead atoms. The van der Waals surface area contributed by atoms with Gasteiger partial charge in [0.15, 0.2) is 5.78 Å². The molecule has 0 unspecified atom stereocenters. The number of carbonyl (C=O) groups is 1. The quantitative estimate of drug-likeness (QED) is 0.531. The Morgan fingerprint density at radius 2 is 2.33 bits per heavy atom. The van der Waals surface area contributed by atoms with Crippen LogP contribution in [0, 0.1) is 0 Å². The first-order valence-electron chi connectivity index (χ1n) is 3.51. The first kappa shape index (κ1) is 9.07. The van der Waals surface area contributed by atoms with Gasteiger partial charge in [0.05, 0.1) is 13.0 Å². The molecule has 0 aliphatic carbocycles. The van der Waals surface area contributed by atoms with Crippen LogP contribution in [0.1, 0.15) is 10.4 Å². The van der Waals surface area contributed by atoms with E-state index in [0.717, 1.165) is 0 Å². The summed E-state index contributed by atoms with van der Waals surface area (Å²) in [7, 11) is 1.56. The molecule has 0 saturated carbocycles. The highest BCUT2D eigenvalue weighted by atomic mass is 35.5. The lowest BCUT2D eigenvalue weighted by molar-refractivity contribution is 0.102. The van der Waals surface area contributed by atoms with Crippen molar-refractivity contribution in [3.8, 4) is 5.75 Å². The van der Waals surface area contributed by atoms with Gasteiger partial charge in [-0.25, -0.2) is 0 Å². The Morgan fingerprint density at radius 1 is 1.58 bits per heavy atom. The number of ether oxygens (including phenoxy) is 1. The van der Waals surface area contributed by atoms with E-state index in [1.807, 2.05) is 0 Å². The van der Waals surface area contributed by atoms with E-state index < -0.39 is 0 Å². The lowest BCUT2D eigenvalue weighted by atomic mass is 10.1. The number of methoxy groups -OCH3 is 1. The van der Waals surface area contributed by atoms with Crippen molar-refractivity contribution in [3.63, 3.8) is 0 Å². The number of hydrogen-bond acceptors (Lipinski definition) is 2. The van der Waals surface area contributed by atoms with Crippen LogP contribution in [0.5, 0.6) is 5.75 Å². The van der Waals surface area contributed by atoms with Gasteiger partial charge in [0.1, 0.15) is 5.75 Å². The van der Waals surface area contributed by atoms with E-state index in [4.69, 9.17) is 16.3 Å². The number of rotatable bonds is 3. The Hall–Kier alpha value is -1.02. The van der Waals surface area contributed by atoms with Crippen LogP contribution in [0.15, 0.2) is 24.3 Å². The predicted octanol–water partition coefficient (Wildman–Crippen LogP) is 2.12. The van der Waals surface area contributed by atoms with Gasteiger partial charge >= 0.3 is 0 Å². The minimum atomic E-state index is -0.0874. The number of hydrogen-bond donors (Lipinski definition) is 0. The molecule has 12 heavy (non-hydrogen) atoms. The van der Waals surface area contributed by atoms with Gasteiger partial charge in [0, 0.05) is 5.56 Å². The van der Waals surface area contributed by atoms with Gasteiger partial charge in [0.25, 0.3) is 0 Å². The van der Waals surface area contributed by atoms with Gasteiger partial charge < -0.3 is 4.74 Å². The summed E-state index contributed by atoms with van der Waals surface area (Å²) >= 11 is 5.39. The maximum Gasteiger partial charge on any atom is 0.177 e. The number of benzene rings is 1. The lowest BCUT2D eigenvalue weighted by Crippen LogP contribution is -1.99. The van der Waals surface area contributed by atoms with Gasteiger partial charge in [-0.05, 0) is 12.1 Å². The fourth-order valence-electron chi connectivity index (χ4n) is 0.874. The van der Waals surface area contributed by atoms with E-state index in [9.17, 15) is 4.79 Å². The van der Waals surface area contributed by atoms with Crippen molar-refractivity contribution in [1.82, 2.24) is 0 Å². The average molecular weight is 185 g/mol. The summed E-state index contributed by atoms with van der Waals surface area (Å²) in [5.74, 6) is 0.592. The predicted molar refractivity (Wildman–Crippen MR) is 48.0 cm³/mol. The Kier molecular flexibility index (Phi) is 3.11. The zero-order valence-corrected chi connectivity index (χ0v) is 7.47. The molecule has 3 heteroatoms. The molecule has 0 spiro atoms. The van der Waals surface area contributed by atoms with Crippen molar-refractivity contribution < 1.29 is 9.53 Å². The molecule has 0 N–H and O–H groups in total. The molecule has 0 saturated heterocycles. The van der Waals surface area contributed by atoms with E-state index >= 15 is 0 Å². The summed E-state index contributed by atoms with van der Waals surface area (Å²) in [5, 5.41) is 0. The highest BCUT2D eigenvalue weighted by Gasteiger charge is 2.03. The number of ketones is 1. The molecule has 0 amide bonds. The number of alkyl halides is 1. The summed E-state index contributed by atoms with van der Waals surface area (Å²) in [5.41, 5.74) is 0.587. The third kappa shape index (κ3) is 1.98. The maximum atomic E-state index is 11.1. The fourth-order valence-corrected chi connectivity index (χ4v) is 1.03. The third-order valence-electron chi connectivity index (χ3n) is 1.51. The molecule has 0 fully saturated rings. The van der Waals surface area contributed by atoms with Crippen molar-refractivity contribution in [1.29, 1.82) is 0 Å². The van der Waals surface area contributed by atoms with Gasteiger partial charge in [-0.15, -0.1) is 11.6 Å². The summed E-state index contributed by atoms with van der Waals surface area (Å²) in [6, 6.07) is 6.93. The normalized spacial score (nSPS) is 9.50. The minimum Gasteiger partial charge on any atom is -0.497 e. The van der Waals surface area contributed by atoms with Crippen LogP contribution in [0.25, 0.3) is 0 Å². The molecule has 0 heterocycles. The molecule has 0 aromatic heterocycles. The Morgan fingerprint density at radius 3 is 2.92 bits per heavy atom. The van der Waals surface area contributed by atoms with Crippen molar-refractivity contribution >= 4 is 17.4 Å². The first-order chi connectivity index (χ1) is 5.77. The maximum absolute atomic E-state index is 11.1. The molecule has 64 valence electrons. The zero-order chi connectivity index (χ0) is 8.97. The van der Waals surface area contributed by atoms with Crippen molar-refractivity contribution in [2.75, 3.05) is 13.0 Å². The zero-order valence-electron chi connectivity index (χ0n) is 6.71. The molecule has 0 aliphatic heterocycles. The van der Waals surface area contributed by atoms with Gasteiger partial charge in [-0.3, -0.25) is 4.79 Å². The molecular weight excluding hydrogens is 176 g/mol. The Labute approximate surface area is 76.1 Å². The van der Waals surface area contributed by atoms with Crippen LogP contribution in [0.2, 0.25) is 0 Å². The summed E-state index contributed by atoms with van der Waals surface area (Å²) < 4.78 is 4.95. The van der Waals surface area contributed by atoms with E-state index in [1.165, 1.54) is 0 Å². The molecule has 1 aromatic rings. The smallest absolute Gasteiger partial charge is 0.177 e. The standard InChI is InChI=1S/C9H9ClO2/c1-12-8-4-2-3-7(5-8)9(11)6-10/h2-5H,6H2,1H3. The third-order valence-corrected chi connectivity index (χ3v) is 1.76. The first-order valence-corrected chi connectivity index (χ1v) is 4.04. The Bertz CT molecular complexity index is 284. The van der Waals surface area contributed by atoms with E-state index in [0.29, 0.717) is 11.3 Å². The monoisotopic (exact) mass is 184 g/mol. The number of Topliss-reactive ketones (excluding diaryl/α,β-unsaturated/α-hetero) is 1. The molecule has 1 aromatic carbocycles. The second-order valence-corrected chi connectivity index (χ2v) is 2.56. The van der Waals surface area contributed by atoms with Crippen molar-refractivity contribution in [3.05, 3.63) is 29.8 Å². The molecule has 0 radical (unpaired) electrons. The van der Waals surface area contributed by atoms with Crippen LogP contribution in [-0.4, -0.2) is 18.8 Å². The second-order valence-electron chi connectivity index (χ2n) is 2.29. The molecule has 0 atom stereocenters. The van der Waals surface area contributed by atoms with Crippen LogP contribution in [-0.2, 0) is 0 Å². The molecule has 1 rings (SSSR count). The fraction of sp³-hybridized carbons (Fsp3) is 0.222. The molecule has 2 nitrogen and oxygen atoms in total. The SMILES string of the molecule is COc1cccc(C(=O)CCl)c1. The van der Waals surface area contributed by atoms with Crippen molar-refractivity contribution in [2.45, 2.75) is 0 Å². The van der Waals surface area contributed by atoms with Crippen molar-refractivity contribution in [2.24, 2.45) is 0 Å². The van der Waals surface area contributed by atoms with E-state index in [2.05, 4.69) is 0 Å². The molecule has 0 aliphatic rings. The van der Waals surface area contributed by atoms with Gasteiger partial charge in [-0.1, -0.05) is 12.1 Å². The number of halogens is 1. The number of carbonyl (C=O) groups excluding carboxylic acids is 1. The van der Waals surface area contributed by atoms with E-state index in [-0.39, 0.29) is 11.7 Å². The van der Waals surface area contributed by atoms with Crippen LogP contribution < -0.4 is 4.74 Å².